The van der Waals surface area contributed by atoms with Gasteiger partial charge < -0.3 is 5.73 Å². The standard InChI is InChI=1S/C11H21IN2/c1-9(12)14-7-5-11(6-8-14)4-2-3-10(11)13/h9-10H,2-8,13H2,1H3/t9?,10-/m1/s1. The zero-order valence-electron chi connectivity index (χ0n) is 9.01. The van der Waals surface area contributed by atoms with Crippen LogP contribution in [-0.4, -0.2) is 28.1 Å². The summed E-state index contributed by atoms with van der Waals surface area (Å²) >= 11 is 2.51. The molecule has 1 aliphatic carbocycles. The third kappa shape index (κ3) is 1.95. The van der Waals surface area contributed by atoms with E-state index in [4.69, 9.17) is 5.73 Å². The molecular weight excluding hydrogens is 287 g/mol. The smallest absolute Gasteiger partial charge is 0.0589 e. The van der Waals surface area contributed by atoms with Crippen LogP contribution in [0.3, 0.4) is 0 Å². The van der Waals surface area contributed by atoms with E-state index in [0.717, 1.165) is 0 Å². The number of likely N-dealkylation sites (tertiary alicyclic amines) is 1. The Kier molecular flexibility index (Phi) is 3.39. The average Bonchev–Trinajstić information content (AvgIpc) is 2.49. The van der Waals surface area contributed by atoms with Crippen molar-refractivity contribution >= 4 is 22.6 Å². The number of piperidine rings is 1. The molecule has 2 fully saturated rings. The molecule has 3 heteroatoms. The highest BCUT2D eigenvalue weighted by atomic mass is 127. The fourth-order valence-electron chi connectivity index (χ4n) is 3.11. The number of halogens is 1. The van der Waals surface area contributed by atoms with Crippen molar-refractivity contribution in [3.63, 3.8) is 0 Å². The van der Waals surface area contributed by atoms with E-state index >= 15 is 0 Å². The van der Waals surface area contributed by atoms with Gasteiger partial charge in [0.1, 0.15) is 0 Å². The molecule has 1 spiro atoms. The maximum atomic E-state index is 6.25. The van der Waals surface area contributed by atoms with Crippen molar-refractivity contribution in [2.75, 3.05) is 13.1 Å². The highest BCUT2D eigenvalue weighted by Crippen LogP contribution is 2.45. The largest absolute Gasteiger partial charge is 0.327 e. The van der Waals surface area contributed by atoms with Gasteiger partial charge >= 0.3 is 0 Å². The van der Waals surface area contributed by atoms with E-state index in [9.17, 15) is 0 Å². The zero-order valence-corrected chi connectivity index (χ0v) is 11.2. The maximum Gasteiger partial charge on any atom is 0.0589 e. The first-order chi connectivity index (χ1) is 6.64. The lowest BCUT2D eigenvalue weighted by molar-refractivity contribution is 0.0949. The molecular formula is C11H21IN2. The van der Waals surface area contributed by atoms with Crippen LogP contribution in [0, 0.1) is 5.41 Å². The molecule has 2 rings (SSSR count). The summed E-state index contributed by atoms with van der Waals surface area (Å²) in [6.07, 6.45) is 6.68. The number of hydrogen-bond donors (Lipinski definition) is 1. The third-order valence-corrected chi connectivity index (χ3v) is 5.06. The second-order valence-corrected chi connectivity index (χ2v) is 6.77. The SMILES string of the molecule is CC(I)N1CCC2(CCC[C@H]2N)CC1. The van der Waals surface area contributed by atoms with E-state index in [1.807, 2.05) is 0 Å². The van der Waals surface area contributed by atoms with Crippen LogP contribution in [0.15, 0.2) is 0 Å². The molecule has 0 aromatic rings. The molecule has 1 aliphatic heterocycles. The van der Waals surface area contributed by atoms with E-state index in [1.54, 1.807) is 0 Å². The summed E-state index contributed by atoms with van der Waals surface area (Å²) in [5.41, 5.74) is 6.78. The van der Waals surface area contributed by atoms with E-state index in [0.29, 0.717) is 15.5 Å². The van der Waals surface area contributed by atoms with Gasteiger partial charge in [-0.1, -0.05) is 29.0 Å². The summed E-state index contributed by atoms with van der Waals surface area (Å²) in [4.78, 5) is 2.58. The van der Waals surface area contributed by atoms with Crippen molar-refractivity contribution in [1.82, 2.24) is 4.90 Å². The van der Waals surface area contributed by atoms with Crippen LogP contribution in [0.1, 0.15) is 39.0 Å². The molecule has 2 N–H and O–H groups in total. The monoisotopic (exact) mass is 308 g/mol. The first-order valence-electron chi connectivity index (χ1n) is 5.78. The molecule has 0 aromatic carbocycles. The highest BCUT2D eigenvalue weighted by Gasteiger charge is 2.42. The van der Waals surface area contributed by atoms with Crippen LogP contribution in [-0.2, 0) is 0 Å². The molecule has 82 valence electrons. The fraction of sp³-hybridized carbons (Fsp3) is 1.00. The molecule has 0 amide bonds. The Balaban J connectivity index is 1.94. The normalized spacial score (nSPS) is 34.9. The van der Waals surface area contributed by atoms with Crippen molar-refractivity contribution in [2.24, 2.45) is 11.1 Å². The van der Waals surface area contributed by atoms with Crippen LogP contribution < -0.4 is 5.73 Å². The first kappa shape index (κ1) is 11.1. The molecule has 0 bridgehead atoms. The second-order valence-electron chi connectivity index (χ2n) is 4.97. The van der Waals surface area contributed by atoms with Crippen LogP contribution in [0.2, 0.25) is 0 Å². The Labute approximate surface area is 101 Å². The van der Waals surface area contributed by atoms with Crippen molar-refractivity contribution in [2.45, 2.75) is 49.1 Å². The summed E-state index contributed by atoms with van der Waals surface area (Å²) in [6.45, 7) is 4.81. The number of nitrogens with zero attached hydrogens (tertiary/aromatic N) is 1. The Morgan fingerprint density at radius 1 is 1.36 bits per heavy atom. The Morgan fingerprint density at radius 2 is 2.00 bits per heavy atom. The minimum Gasteiger partial charge on any atom is -0.327 e. The minimum absolute atomic E-state index is 0.495. The molecule has 1 heterocycles. The second kappa shape index (κ2) is 4.26. The van der Waals surface area contributed by atoms with Crippen LogP contribution in [0.25, 0.3) is 0 Å². The average molecular weight is 308 g/mol. The van der Waals surface area contributed by atoms with Gasteiger partial charge in [-0.15, -0.1) is 0 Å². The molecule has 14 heavy (non-hydrogen) atoms. The highest BCUT2D eigenvalue weighted by molar-refractivity contribution is 14.1. The van der Waals surface area contributed by atoms with E-state index in [-0.39, 0.29) is 0 Å². The predicted molar refractivity (Wildman–Crippen MR) is 68.5 cm³/mol. The molecule has 2 aliphatic rings. The molecule has 2 atom stereocenters. The van der Waals surface area contributed by atoms with Crippen LogP contribution in [0.4, 0.5) is 0 Å². The number of hydrogen-bond acceptors (Lipinski definition) is 2. The topological polar surface area (TPSA) is 29.3 Å². The zero-order chi connectivity index (χ0) is 10.2. The number of rotatable bonds is 1. The summed E-state index contributed by atoms with van der Waals surface area (Å²) in [5, 5.41) is 0. The van der Waals surface area contributed by atoms with E-state index in [2.05, 4.69) is 34.4 Å². The van der Waals surface area contributed by atoms with Crippen molar-refractivity contribution in [3.8, 4) is 0 Å². The van der Waals surface area contributed by atoms with Gasteiger partial charge in [0.2, 0.25) is 0 Å². The lowest BCUT2D eigenvalue weighted by Crippen LogP contribution is -2.48. The lowest BCUT2D eigenvalue weighted by Gasteiger charge is -2.43. The number of alkyl halides is 1. The molecule has 1 unspecified atom stereocenters. The first-order valence-corrected chi connectivity index (χ1v) is 7.02. The van der Waals surface area contributed by atoms with Crippen LogP contribution in [0.5, 0.6) is 0 Å². The van der Waals surface area contributed by atoms with Gasteiger partial charge in [0.25, 0.3) is 0 Å². The van der Waals surface area contributed by atoms with E-state index < -0.39 is 0 Å². The third-order valence-electron chi connectivity index (χ3n) is 4.27. The predicted octanol–water partition coefficient (Wildman–Crippen LogP) is 2.36. The van der Waals surface area contributed by atoms with Gasteiger partial charge in [-0.05, 0) is 51.1 Å². The summed E-state index contributed by atoms with van der Waals surface area (Å²) in [7, 11) is 0. The summed E-state index contributed by atoms with van der Waals surface area (Å²) in [6, 6.07) is 0.495. The van der Waals surface area contributed by atoms with Crippen molar-refractivity contribution in [3.05, 3.63) is 0 Å². The molecule has 0 radical (unpaired) electrons. The Morgan fingerprint density at radius 3 is 2.43 bits per heavy atom. The van der Waals surface area contributed by atoms with Gasteiger partial charge in [0.15, 0.2) is 0 Å². The quantitative estimate of drug-likeness (QED) is 0.458. The van der Waals surface area contributed by atoms with Crippen molar-refractivity contribution in [1.29, 1.82) is 0 Å². The van der Waals surface area contributed by atoms with Gasteiger partial charge in [0.05, 0.1) is 4.05 Å². The fourth-order valence-corrected chi connectivity index (χ4v) is 3.67. The number of nitrogens with two attached hydrogens (primary N) is 1. The molecule has 1 saturated carbocycles. The van der Waals surface area contributed by atoms with E-state index in [1.165, 1.54) is 45.2 Å². The summed E-state index contributed by atoms with van der Waals surface area (Å²) in [5.74, 6) is 0. The van der Waals surface area contributed by atoms with Gasteiger partial charge in [0, 0.05) is 6.04 Å². The Hall–Kier alpha value is 0.650. The lowest BCUT2D eigenvalue weighted by atomic mass is 9.74. The van der Waals surface area contributed by atoms with Gasteiger partial charge in [-0.3, -0.25) is 4.90 Å². The molecule has 1 saturated heterocycles. The Bertz CT molecular complexity index is 197. The minimum atomic E-state index is 0.495. The molecule has 2 nitrogen and oxygen atoms in total. The van der Waals surface area contributed by atoms with Crippen molar-refractivity contribution < 1.29 is 0 Å². The summed E-state index contributed by atoms with van der Waals surface area (Å²) < 4.78 is 0.683. The van der Waals surface area contributed by atoms with Gasteiger partial charge in [-0.2, -0.15) is 0 Å². The molecule has 0 aromatic heterocycles. The van der Waals surface area contributed by atoms with Crippen LogP contribution >= 0.6 is 22.6 Å². The van der Waals surface area contributed by atoms with Gasteiger partial charge in [-0.25, -0.2) is 0 Å². The maximum absolute atomic E-state index is 6.25.